The fourth-order valence-corrected chi connectivity index (χ4v) is 3.15. The normalized spacial score (nSPS) is 11.3. The number of H-pyrrole nitrogens is 1. The second kappa shape index (κ2) is 7.70. The average molecular weight is 415 g/mol. The van der Waals surface area contributed by atoms with Gasteiger partial charge in [0, 0.05) is 34.2 Å². The van der Waals surface area contributed by atoms with Gasteiger partial charge in [-0.05, 0) is 56.3 Å². The number of azo groups is 1. The third-order valence-corrected chi connectivity index (χ3v) is 4.69. The fourth-order valence-electron chi connectivity index (χ4n) is 2.79. The summed E-state index contributed by atoms with van der Waals surface area (Å²) < 4.78 is 0.846. The van der Waals surface area contributed by atoms with Crippen LogP contribution < -0.4 is 4.90 Å². The maximum Gasteiger partial charge on any atom is 0.295 e. The van der Waals surface area contributed by atoms with Crippen molar-refractivity contribution in [2.45, 2.75) is 13.8 Å². The highest BCUT2D eigenvalue weighted by molar-refractivity contribution is 9.10. The highest BCUT2D eigenvalue weighted by atomic mass is 79.9. The van der Waals surface area contributed by atoms with Crippen LogP contribution in [0.15, 0.2) is 57.2 Å². The van der Waals surface area contributed by atoms with Gasteiger partial charge in [0.05, 0.1) is 5.52 Å². The van der Waals surface area contributed by atoms with Crippen molar-refractivity contribution >= 4 is 44.1 Å². The number of carbonyl (C=O) groups excluding carboxylic acids is 1. The monoisotopic (exact) mass is 414 g/mol. The number of aromatic nitrogens is 1. The molecule has 0 saturated carbocycles. The first-order valence-electron chi connectivity index (χ1n) is 8.34. The van der Waals surface area contributed by atoms with E-state index >= 15 is 0 Å². The van der Waals surface area contributed by atoms with E-state index in [0.29, 0.717) is 10.9 Å². The first kappa shape index (κ1) is 18.1. The van der Waals surface area contributed by atoms with E-state index in [1.807, 2.05) is 30.3 Å². The van der Waals surface area contributed by atoms with Crippen LogP contribution in [0.1, 0.15) is 24.2 Å². The third kappa shape index (κ3) is 3.62. The molecule has 1 aromatic heterocycles. The molecule has 0 aliphatic carbocycles. The van der Waals surface area contributed by atoms with Gasteiger partial charge in [0.25, 0.3) is 5.91 Å². The lowest BCUT2D eigenvalue weighted by atomic mass is 10.2. The lowest BCUT2D eigenvalue weighted by molar-refractivity contribution is 0.0995. The summed E-state index contributed by atoms with van der Waals surface area (Å²) in [6, 6.07) is 12.7. The molecule has 26 heavy (non-hydrogen) atoms. The predicted molar refractivity (Wildman–Crippen MR) is 107 cm³/mol. The molecule has 0 atom stereocenters. The second-order valence-electron chi connectivity index (χ2n) is 5.74. The number of fused-ring (bicyclic) bond motifs is 1. The Labute approximate surface area is 159 Å². The van der Waals surface area contributed by atoms with Gasteiger partial charge in [0.1, 0.15) is 0 Å². The molecule has 7 heteroatoms. The van der Waals surface area contributed by atoms with Crippen LogP contribution in [0.4, 0.5) is 11.4 Å². The number of hydrogen-bond acceptors (Lipinski definition) is 4. The molecule has 0 bridgehead atoms. The zero-order valence-corrected chi connectivity index (χ0v) is 16.1. The van der Waals surface area contributed by atoms with Crippen LogP contribution in [-0.4, -0.2) is 29.1 Å². The Morgan fingerprint density at radius 1 is 1.15 bits per heavy atom. The predicted octanol–water partition coefficient (Wildman–Crippen LogP) is 5.41. The third-order valence-electron chi connectivity index (χ3n) is 4.20. The molecule has 6 nitrogen and oxygen atoms in total. The molecule has 1 amide bonds. The number of nitrogens with one attached hydrogen (secondary N) is 1. The van der Waals surface area contributed by atoms with Crippen LogP contribution in [0.3, 0.4) is 0 Å². The minimum atomic E-state index is -0.458. The van der Waals surface area contributed by atoms with Crippen LogP contribution in [-0.2, 0) is 0 Å². The SMILES string of the molecule is CCN(CC)c1ccc(C(=O)N=Nc2c(O)[nH]c3ccc(Br)cc23)cc1. The van der Waals surface area contributed by atoms with Gasteiger partial charge in [-0.2, -0.15) is 0 Å². The number of halogens is 1. The van der Waals surface area contributed by atoms with E-state index in [1.165, 1.54) is 0 Å². The number of benzene rings is 2. The van der Waals surface area contributed by atoms with Gasteiger partial charge in [-0.3, -0.25) is 4.79 Å². The summed E-state index contributed by atoms with van der Waals surface area (Å²) in [7, 11) is 0. The van der Waals surface area contributed by atoms with Crippen LogP contribution in [0.2, 0.25) is 0 Å². The zero-order chi connectivity index (χ0) is 18.7. The number of rotatable bonds is 5. The molecule has 0 radical (unpaired) electrons. The fraction of sp³-hybridized carbons (Fsp3) is 0.211. The van der Waals surface area contributed by atoms with Crippen LogP contribution in [0.5, 0.6) is 5.88 Å². The Balaban J connectivity index is 1.84. The summed E-state index contributed by atoms with van der Waals surface area (Å²) in [5, 5.41) is 18.4. The second-order valence-corrected chi connectivity index (χ2v) is 6.65. The maximum atomic E-state index is 12.3. The molecule has 2 aromatic carbocycles. The molecular formula is C19H19BrN4O2. The van der Waals surface area contributed by atoms with Crippen molar-refractivity contribution < 1.29 is 9.90 Å². The lowest BCUT2D eigenvalue weighted by Gasteiger charge is -2.20. The van der Waals surface area contributed by atoms with Crippen molar-refractivity contribution in [3.63, 3.8) is 0 Å². The summed E-state index contributed by atoms with van der Waals surface area (Å²) in [6.07, 6.45) is 0. The van der Waals surface area contributed by atoms with Crippen molar-refractivity contribution in [1.29, 1.82) is 0 Å². The number of aromatic hydroxyl groups is 1. The van der Waals surface area contributed by atoms with Gasteiger partial charge in [0.2, 0.25) is 5.88 Å². The van der Waals surface area contributed by atoms with Crippen LogP contribution in [0.25, 0.3) is 10.9 Å². The van der Waals surface area contributed by atoms with E-state index in [2.05, 4.69) is 49.9 Å². The van der Waals surface area contributed by atoms with Gasteiger partial charge < -0.3 is 15.0 Å². The molecule has 0 unspecified atom stereocenters. The topological polar surface area (TPSA) is 81.1 Å². The van der Waals surface area contributed by atoms with Gasteiger partial charge in [-0.1, -0.05) is 15.9 Å². The van der Waals surface area contributed by atoms with Crippen LogP contribution >= 0.6 is 15.9 Å². The number of hydrogen-bond donors (Lipinski definition) is 2. The average Bonchev–Trinajstić information content (AvgIpc) is 2.96. The van der Waals surface area contributed by atoms with Gasteiger partial charge in [-0.25, -0.2) is 0 Å². The molecule has 0 saturated heterocycles. The zero-order valence-electron chi connectivity index (χ0n) is 14.5. The minimum absolute atomic E-state index is 0.119. The number of carbonyl (C=O) groups is 1. The van der Waals surface area contributed by atoms with E-state index in [9.17, 15) is 9.90 Å². The summed E-state index contributed by atoms with van der Waals surface area (Å²) in [4.78, 5) is 17.3. The summed E-state index contributed by atoms with van der Waals surface area (Å²) in [5.41, 5.74) is 2.47. The smallest absolute Gasteiger partial charge is 0.295 e. The summed E-state index contributed by atoms with van der Waals surface area (Å²) in [6.45, 7) is 5.98. The van der Waals surface area contributed by atoms with Gasteiger partial charge in [-0.15, -0.1) is 10.2 Å². The molecule has 0 aliphatic heterocycles. The quantitative estimate of drug-likeness (QED) is 0.547. The number of amides is 1. The van der Waals surface area contributed by atoms with E-state index in [1.54, 1.807) is 12.1 Å². The number of aromatic amines is 1. The Morgan fingerprint density at radius 3 is 2.50 bits per heavy atom. The Bertz CT molecular complexity index is 960. The van der Waals surface area contributed by atoms with Crippen molar-refractivity contribution in [2.75, 3.05) is 18.0 Å². The van der Waals surface area contributed by atoms with E-state index < -0.39 is 5.91 Å². The minimum Gasteiger partial charge on any atom is -0.493 e. The molecule has 0 aliphatic rings. The van der Waals surface area contributed by atoms with E-state index in [4.69, 9.17) is 0 Å². The van der Waals surface area contributed by atoms with Gasteiger partial charge in [0.15, 0.2) is 5.69 Å². The van der Waals surface area contributed by atoms with E-state index in [0.717, 1.165) is 28.8 Å². The molecule has 0 fully saturated rings. The largest absolute Gasteiger partial charge is 0.493 e. The Hall–Kier alpha value is -2.67. The van der Waals surface area contributed by atoms with Crippen molar-refractivity contribution in [3.05, 3.63) is 52.5 Å². The van der Waals surface area contributed by atoms with Gasteiger partial charge >= 0.3 is 0 Å². The molecule has 1 heterocycles. The molecular weight excluding hydrogens is 396 g/mol. The molecule has 2 N–H and O–H groups in total. The first-order chi connectivity index (χ1) is 12.5. The maximum absolute atomic E-state index is 12.3. The Kier molecular flexibility index (Phi) is 5.37. The lowest BCUT2D eigenvalue weighted by Crippen LogP contribution is -2.21. The van der Waals surface area contributed by atoms with Crippen molar-refractivity contribution in [3.8, 4) is 5.88 Å². The highest BCUT2D eigenvalue weighted by Gasteiger charge is 2.12. The molecule has 134 valence electrons. The molecule has 3 aromatic rings. The first-order valence-corrected chi connectivity index (χ1v) is 9.14. The highest BCUT2D eigenvalue weighted by Crippen LogP contribution is 2.36. The van der Waals surface area contributed by atoms with Crippen molar-refractivity contribution in [2.24, 2.45) is 10.2 Å². The standard InChI is InChI=1S/C19H19BrN4O2/c1-3-24(4-2)14-8-5-12(6-9-14)18(25)23-22-17-15-11-13(20)7-10-16(15)21-19(17)26/h5-11,21,26H,3-4H2,1-2H3. The number of nitrogens with zero attached hydrogens (tertiary/aromatic N) is 3. The van der Waals surface area contributed by atoms with E-state index in [-0.39, 0.29) is 11.6 Å². The van der Waals surface area contributed by atoms with Crippen molar-refractivity contribution in [1.82, 2.24) is 4.98 Å². The summed E-state index contributed by atoms with van der Waals surface area (Å²) >= 11 is 3.38. The molecule has 3 rings (SSSR count). The summed E-state index contributed by atoms with van der Waals surface area (Å²) in [5.74, 6) is -0.577. The number of anilines is 1. The van der Waals surface area contributed by atoms with Crippen LogP contribution in [0, 0.1) is 0 Å². The Morgan fingerprint density at radius 2 is 1.85 bits per heavy atom. The molecule has 0 spiro atoms.